The van der Waals surface area contributed by atoms with Crippen LogP contribution in [0.5, 0.6) is 5.75 Å². The highest BCUT2D eigenvalue weighted by Gasteiger charge is 2.28. The summed E-state index contributed by atoms with van der Waals surface area (Å²) in [5, 5.41) is 0. The minimum absolute atomic E-state index is 0.0813. The summed E-state index contributed by atoms with van der Waals surface area (Å²) in [7, 11) is -0.535. The maximum absolute atomic E-state index is 13.3. The van der Waals surface area contributed by atoms with Crippen molar-refractivity contribution in [2.75, 3.05) is 58.5 Å². The number of amides is 1. The van der Waals surface area contributed by atoms with E-state index < -0.39 is 10.0 Å². The molecule has 2 heterocycles. The number of carbonyl (C=O) groups is 1. The van der Waals surface area contributed by atoms with Gasteiger partial charge in [0.05, 0.1) is 30.8 Å². The summed E-state index contributed by atoms with van der Waals surface area (Å²) in [4.78, 5) is 17.4. The van der Waals surface area contributed by atoms with Crippen molar-refractivity contribution < 1.29 is 22.7 Å². The summed E-state index contributed by atoms with van der Waals surface area (Å²) in [5.74, 6) is 0.0502. The third-order valence-electron chi connectivity index (χ3n) is 6.43. The van der Waals surface area contributed by atoms with Gasteiger partial charge in [-0.1, -0.05) is 12.1 Å². The van der Waals surface area contributed by atoms with Gasteiger partial charge in [0.25, 0.3) is 5.91 Å². The van der Waals surface area contributed by atoms with Gasteiger partial charge >= 0.3 is 0 Å². The zero-order valence-electron chi connectivity index (χ0n) is 19.9. The lowest BCUT2D eigenvalue weighted by molar-refractivity contribution is 0.0730. The molecule has 184 valence electrons. The smallest absolute Gasteiger partial charge is 0.257 e. The molecule has 0 unspecified atom stereocenters. The predicted octanol–water partition coefficient (Wildman–Crippen LogP) is 2.98. The van der Waals surface area contributed by atoms with E-state index in [9.17, 15) is 13.2 Å². The summed E-state index contributed by atoms with van der Waals surface area (Å²) < 4.78 is 38.2. The van der Waals surface area contributed by atoms with Crippen molar-refractivity contribution in [1.82, 2.24) is 9.21 Å². The van der Waals surface area contributed by atoms with Crippen LogP contribution in [-0.4, -0.2) is 77.1 Å². The second-order valence-electron chi connectivity index (χ2n) is 8.75. The molecule has 0 bridgehead atoms. The SMILES string of the molecule is COc1ccc(S(=O)(=O)N2CCOCC2)cc1C(=O)N(C)Cc1ccc(N2CCCCC2)cc1. The molecule has 2 aromatic carbocycles. The van der Waals surface area contributed by atoms with Crippen LogP contribution in [0.4, 0.5) is 5.69 Å². The molecule has 1 amide bonds. The topological polar surface area (TPSA) is 79.4 Å². The van der Waals surface area contributed by atoms with E-state index in [0.29, 0.717) is 38.6 Å². The van der Waals surface area contributed by atoms with Crippen LogP contribution in [0.1, 0.15) is 35.2 Å². The number of anilines is 1. The molecule has 0 radical (unpaired) electrons. The van der Waals surface area contributed by atoms with Crippen molar-refractivity contribution in [2.45, 2.75) is 30.7 Å². The van der Waals surface area contributed by atoms with Gasteiger partial charge in [-0.05, 0) is 55.2 Å². The van der Waals surface area contributed by atoms with Crippen molar-refractivity contribution in [3.8, 4) is 5.75 Å². The molecule has 0 atom stereocenters. The third-order valence-corrected chi connectivity index (χ3v) is 8.33. The molecule has 2 saturated heterocycles. The molecule has 9 heteroatoms. The van der Waals surface area contributed by atoms with Gasteiger partial charge in [-0.15, -0.1) is 0 Å². The van der Waals surface area contributed by atoms with Crippen molar-refractivity contribution in [3.05, 3.63) is 53.6 Å². The Morgan fingerprint density at radius 2 is 1.68 bits per heavy atom. The largest absolute Gasteiger partial charge is 0.496 e. The van der Waals surface area contributed by atoms with E-state index in [0.717, 1.165) is 18.7 Å². The van der Waals surface area contributed by atoms with Crippen LogP contribution in [0.15, 0.2) is 47.4 Å². The molecule has 0 aromatic heterocycles. The molecule has 0 saturated carbocycles. The molecule has 2 fully saturated rings. The van der Waals surface area contributed by atoms with Gasteiger partial charge in [0.15, 0.2) is 0 Å². The monoisotopic (exact) mass is 487 g/mol. The van der Waals surface area contributed by atoms with Gasteiger partial charge in [0, 0.05) is 45.5 Å². The number of hydrogen-bond acceptors (Lipinski definition) is 6. The highest BCUT2D eigenvalue weighted by molar-refractivity contribution is 7.89. The highest BCUT2D eigenvalue weighted by Crippen LogP contribution is 2.27. The normalized spacial score (nSPS) is 17.4. The molecule has 0 N–H and O–H groups in total. The van der Waals surface area contributed by atoms with Gasteiger partial charge in [0.1, 0.15) is 5.75 Å². The number of methoxy groups -OCH3 is 1. The number of carbonyl (C=O) groups excluding carboxylic acids is 1. The fourth-order valence-corrected chi connectivity index (χ4v) is 5.90. The number of rotatable bonds is 7. The predicted molar refractivity (Wildman–Crippen MR) is 131 cm³/mol. The van der Waals surface area contributed by atoms with Crippen LogP contribution >= 0.6 is 0 Å². The number of piperidine rings is 1. The molecular weight excluding hydrogens is 454 g/mol. The Hall–Kier alpha value is -2.62. The van der Waals surface area contributed by atoms with Gasteiger partial charge in [-0.2, -0.15) is 4.31 Å². The summed E-state index contributed by atoms with van der Waals surface area (Å²) in [6, 6.07) is 12.8. The molecule has 34 heavy (non-hydrogen) atoms. The second kappa shape index (κ2) is 10.8. The lowest BCUT2D eigenvalue weighted by Crippen LogP contribution is -2.40. The summed E-state index contributed by atoms with van der Waals surface area (Å²) >= 11 is 0. The maximum Gasteiger partial charge on any atom is 0.257 e. The van der Waals surface area contributed by atoms with Crippen LogP contribution in [0, 0.1) is 0 Å². The third kappa shape index (κ3) is 5.37. The summed E-state index contributed by atoms with van der Waals surface area (Å²) in [6.07, 6.45) is 3.74. The van der Waals surface area contributed by atoms with Gasteiger partial charge in [0.2, 0.25) is 10.0 Å². The Balaban J connectivity index is 1.50. The number of hydrogen-bond donors (Lipinski definition) is 0. The van der Waals surface area contributed by atoms with Crippen LogP contribution in [0.2, 0.25) is 0 Å². The molecule has 2 aromatic rings. The maximum atomic E-state index is 13.3. The van der Waals surface area contributed by atoms with E-state index in [-0.39, 0.29) is 16.4 Å². The van der Waals surface area contributed by atoms with Crippen LogP contribution in [0.3, 0.4) is 0 Å². The molecule has 0 aliphatic carbocycles. The number of benzene rings is 2. The summed E-state index contributed by atoms with van der Waals surface area (Å²) in [5.41, 5.74) is 2.44. The minimum atomic E-state index is -3.72. The molecule has 2 aliphatic rings. The average Bonchev–Trinajstić information content (AvgIpc) is 2.89. The van der Waals surface area contributed by atoms with Crippen LogP contribution in [-0.2, 0) is 21.3 Å². The molecule has 2 aliphatic heterocycles. The van der Waals surface area contributed by atoms with Gasteiger partial charge in [-0.25, -0.2) is 8.42 Å². The molecule has 4 rings (SSSR count). The number of morpholine rings is 1. The van der Waals surface area contributed by atoms with Gasteiger partial charge < -0.3 is 19.3 Å². The minimum Gasteiger partial charge on any atom is -0.496 e. The number of sulfonamides is 1. The van der Waals surface area contributed by atoms with Crippen LogP contribution < -0.4 is 9.64 Å². The van der Waals surface area contributed by atoms with E-state index in [1.54, 1.807) is 18.0 Å². The molecule has 0 spiro atoms. The zero-order chi connectivity index (χ0) is 24.1. The summed E-state index contributed by atoms with van der Waals surface area (Å²) in [6.45, 7) is 3.89. The average molecular weight is 488 g/mol. The van der Waals surface area contributed by atoms with Crippen molar-refractivity contribution >= 4 is 21.6 Å². The van der Waals surface area contributed by atoms with E-state index in [1.807, 2.05) is 12.1 Å². The highest BCUT2D eigenvalue weighted by atomic mass is 32.2. The first-order chi connectivity index (χ1) is 16.4. The molecule has 8 nitrogen and oxygen atoms in total. The van der Waals surface area contributed by atoms with Crippen molar-refractivity contribution in [1.29, 1.82) is 0 Å². The van der Waals surface area contributed by atoms with E-state index in [2.05, 4.69) is 17.0 Å². The first-order valence-corrected chi connectivity index (χ1v) is 13.2. The Kier molecular flexibility index (Phi) is 7.75. The first kappa shape index (κ1) is 24.5. The van der Waals surface area contributed by atoms with Crippen molar-refractivity contribution in [2.24, 2.45) is 0 Å². The van der Waals surface area contributed by atoms with Crippen LogP contribution in [0.25, 0.3) is 0 Å². The zero-order valence-corrected chi connectivity index (χ0v) is 20.7. The van der Waals surface area contributed by atoms with E-state index in [4.69, 9.17) is 9.47 Å². The fraction of sp³-hybridized carbons (Fsp3) is 0.480. The number of nitrogens with zero attached hydrogens (tertiary/aromatic N) is 3. The lowest BCUT2D eigenvalue weighted by Gasteiger charge is -2.29. The Morgan fingerprint density at radius 1 is 1.00 bits per heavy atom. The standard InChI is InChI=1S/C25H33N3O5S/c1-26(19-20-6-8-21(9-7-20)27-12-4-3-5-13-27)25(29)23-18-22(10-11-24(23)32-2)34(30,31)28-14-16-33-17-15-28/h6-11,18H,3-5,12-17,19H2,1-2H3. The van der Waals surface area contributed by atoms with Crippen molar-refractivity contribution in [3.63, 3.8) is 0 Å². The quantitative estimate of drug-likeness (QED) is 0.598. The molecular formula is C25H33N3O5S. The Labute approximate surface area is 202 Å². The number of ether oxygens (including phenoxy) is 2. The first-order valence-electron chi connectivity index (χ1n) is 11.8. The van der Waals surface area contributed by atoms with E-state index >= 15 is 0 Å². The Bertz CT molecular complexity index is 1090. The second-order valence-corrected chi connectivity index (χ2v) is 10.7. The lowest BCUT2D eigenvalue weighted by atomic mass is 10.1. The Morgan fingerprint density at radius 3 is 2.32 bits per heavy atom. The van der Waals surface area contributed by atoms with Gasteiger partial charge in [-0.3, -0.25) is 4.79 Å². The van der Waals surface area contributed by atoms with E-state index in [1.165, 1.54) is 48.5 Å². The fourth-order valence-electron chi connectivity index (χ4n) is 4.47.